The smallest absolute Gasteiger partial charge is 0.261 e. The molecule has 9 heteroatoms. The van der Waals surface area contributed by atoms with Crippen LogP contribution in [0.1, 0.15) is 12.5 Å². The molecule has 0 bridgehead atoms. The molecule has 0 saturated carbocycles. The molecule has 27 heavy (non-hydrogen) atoms. The fourth-order valence-corrected chi connectivity index (χ4v) is 2.37. The second-order valence-electron chi connectivity index (χ2n) is 5.89. The van der Waals surface area contributed by atoms with Gasteiger partial charge in [0.1, 0.15) is 0 Å². The molecule has 1 atom stereocenters. The molecule has 0 fully saturated rings. The number of nitrogens with two attached hydrogens (primary N) is 1. The first-order chi connectivity index (χ1) is 12.5. The predicted octanol–water partition coefficient (Wildman–Crippen LogP) is 3.17. The van der Waals surface area contributed by atoms with Gasteiger partial charge in [0.25, 0.3) is 10.1 Å². The number of hydrogen-bond donors (Lipinski definition) is 3. The molecule has 0 spiro atoms. The highest BCUT2D eigenvalue weighted by Crippen LogP contribution is 2.28. The molecule has 0 radical (unpaired) electrons. The minimum Gasteiger partial charge on any atom is -0.368 e. The van der Waals surface area contributed by atoms with E-state index in [1.165, 1.54) is 5.56 Å². The highest BCUT2D eigenvalue weighted by Gasteiger charge is 2.07. The van der Waals surface area contributed by atoms with Crippen LogP contribution in [0.3, 0.4) is 0 Å². The van der Waals surface area contributed by atoms with Gasteiger partial charge < -0.3 is 11.1 Å². The molecule has 4 N–H and O–H groups in total. The number of rotatable bonds is 6. The van der Waals surface area contributed by atoms with Crippen LogP contribution in [0.2, 0.25) is 10.0 Å². The van der Waals surface area contributed by atoms with Crippen LogP contribution in [0.15, 0.2) is 42.5 Å². The molecule has 2 aromatic rings. The molecule has 0 saturated heterocycles. The van der Waals surface area contributed by atoms with Crippen molar-refractivity contribution in [2.24, 2.45) is 5.73 Å². The normalized spacial score (nSPS) is 12.0. The Morgan fingerprint density at radius 1 is 1.11 bits per heavy atom. The minimum atomic E-state index is -3.67. The summed E-state index contributed by atoms with van der Waals surface area (Å²) in [5.74, 6) is -0.338. The number of hydrogen-bond acceptors (Lipinski definition) is 4. The molecular formula is C18H22Cl2N2O4S. The van der Waals surface area contributed by atoms with Crippen LogP contribution in [0.25, 0.3) is 11.1 Å². The van der Waals surface area contributed by atoms with Crippen LogP contribution < -0.4 is 11.1 Å². The predicted molar refractivity (Wildman–Crippen MR) is 110 cm³/mol. The zero-order valence-corrected chi connectivity index (χ0v) is 17.3. The Kier molecular flexibility index (Phi) is 9.21. The molecule has 2 rings (SSSR count). The van der Waals surface area contributed by atoms with Crippen LogP contribution in [0, 0.1) is 0 Å². The topological polar surface area (TPSA) is 109 Å². The van der Waals surface area contributed by atoms with Crippen molar-refractivity contribution >= 4 is 39.2 Å². The molecule has 1 unspecified atom stereocenters. The highest BCUT2D eigenvalue weighted by atomic mass is 35.5. The SMILES string of the molecule is CC(NCCc1ccc(-c2ccc(Cl)c(Cl)c2)cc1)C(N)=O.CS(=O)(=O)O. The maximum absolute atomic E-state index is 10.9. The first-order valence-corrected chi connectivity index (χ1v) is 10.6. The van der Waals surface area contributed by atoms with Gasteiger partial charge in [0.05, 0.1) is 22.3 Å². The van der Waals surface area contributed by atoms with Crippen molar-refractivity contribution < 1.29 is 17.8 Å². The highest BCUT2D eigenvalue weighted by molar-refractivity contribution is 7.85. The molecular weight excluding hydrogens is 411 g/mol. The van der Waals surface area contributed by atoms with Crippen molar-refractivity contribution in [3.8, 4) is 11.1 Å². The fraction of sp³-hybridized carbons (Fsp3) is 0.278. The third kappa shape index (κ3) is 9.74. The Balaban J connectivity index is 0.000000646. The van der Waals surface area contributed by atoms with E-state index in [1.54, 1.807) is 13.0 Å². The summed E-state index contributed by atoms with van der Waals surface area (Å²) in [4.78, 5) is 10.9. The summed E-state index contributed by atoms with van der Waals surface area (Å²) in [7, 11) is -3.67. The van der Waals surface area contributed by atoms with E-state index in [0.717, 1.165) is 17.5 Å². The molecule has 0 aliphatic heterocycles. The van der Waals surface area contributed by atoms with Crippen molar-refractivity contribution in [2.75, 3.05) is 12.8 Å². The summed E-state index contributed by atoms with van der Waals surface area (Å²) < 4.78 is 25.9. The second-order valence-corrected chi connectivity index (χ2v) is 8.17. The Hall–Kier alpha value is -1.64. The van der Waals surface area contributed by atoms with Crippen LogP contribution in [0.4, 0.5) is 0 Å². The van der Waals surface area contributed by atoms with Gasteiger partial charge in [0, 0.05) is 0 Å². The number of amides is 1. The molecule has 0 aliphatic rings. The lowest BCUT2D eigenvalue weighted by molar-refractivity contribution is -0.119. The molecule has 0 aromatic heterocycles. The van der Waals surface area contributed by atoms with E-state index < -0.39 is 10.1 Å². The Morgan fingerprint density at radius 2 is 1.63 bits per heavy atom. The molecule has 148 valence electrons. The molecule has 2 aromatic carbocycles. The van der Waals surface area contributed by atoms with Gasteiger partial charge in [0.2, 0.25) is 5.91 Å². The van der Waals surface area contributed by atoms with Crippen molar-refractivity contribution in [1.82, 2.24) is 5.32 Å². The van der Waals surface area contributed by atoms with E-state index in [9.17, 15) is 13.2 Å². The lowest BCUT2D eigenvalue weighted by Crippen LogP contribution is -2.39. The number of nitrogens with one attached hydrogen (secondary N) is 1. The summed E-state index contributed by atoms with van der Waals surface area (Å²) in [5.41, 5.74) is 8.50. The summed E-state index contributed by atoms with van der Waals surface area (Å²) in [6, 6.07) is 13.5. The number of carbonyl (C=O) groups is 1. The number of benzene rings is 2. The standard InChI is InChI=1S/C17H18Cl2N2O.CH4O3S/c1-11(17(20)22)21-9-8-12-2-4-13(5-3-12)14-6-7-15(18)16(19)10-14;1-5(2,3)4/h2-7,10-11,21H,8-9H2,1H3,(H2,20,22);1H3,(H,2,3,4). The van der Waals surface area contributed by atoms with Crippen molar-refractivity contribution in [2.45, 2.75) is 19.4 Å². The summed E-state index contributed by atoms with van der Waals surface area (Å²) in [6.45, 7) is 2.46. The van der Waals surface area contributed by atoms with Gasteiger partial charge in [-0.2, -0.15) is 8.42 Å². The zero-order valence-electron chi connectivity index (χ0n) is 14.9. The average Bonchev–Trinajstić information content (AvgIpc) is 2.56. The van der Waals surface area contributed by atoms with Crippen molar-refractivity contribution in [1.29, 1.82) is 0 Å². The minimum absolute atomic E-state index is 0.310. The lowest BCUT2D eigenvalue weighted by atomic mass is 10.0. The Morgan fingerprint density at radius 3 is 2.11 bits per heavy atom. The average molecular weight is 433 g/mol. The molecule has 1 amide bonds. The maximum Gasteiger partial charge on any atom is 0.261 e. The summed E-state index contributed by atoms with van der Waals surface area (Å²) >= 11 is 12.0. The zero-order chi connectivity index (χ0) is 20.6. The van der Waals surface area contributed by atoms with Crippen LogP contribution in [-0.4, -0.2) is 37.7 Å². The largest absolute Gasteiger partial charge is 0.368 e. The van der Waals surface area contributed by atoms with Crippen LogP contribution in [-0.2, 0) is 21.3 Å². The number of halogens is 2. The monoisotopic (exact) mass is 432 g/mol. The summed E-state index contributed by atoms with van der Waals surface area (Å²) in [6.07, 6.45) is 1.55. The van der Waals surface area contributed by atoms with Gasteiger partial charge >= 0.3 is 0 Å². The van der Waals surface area contributed by atoms with Gasteiger partial charge in [-0.1, -0.05) is 53.5 Å². The Labute approximate surface area is 169 Å². The lowest BCUT2D eigenvalue weighted by Gasteiger charge is -2.10. The van der Waals surface area contributed by atoms with E-state index in [-0.39, 0.29) is 11.9 Å². The van der Waals surface area contributed by atoms with Gasteiger partial charge in [-0.3, -0.25) is 9.35 Å². The van der Waals surface area contributed by atoms with Crippen molar-refractivity contribution in [3.63, 3.8) is 0 Å². The number of primary amides is 1. The van der Waals surface area contributed by atoms with Gasteiger partial charge in [-0.15, -0.1) is 0 Å². The van der Waals surface area contributed by atoms with Crippen molar-refractivity contribution in [3.05, 3.63) is 58.1 Å². The molecule has 0 heterocycles. The van der Waals surface area contributed by atoms with Gasteiger partial charge in [-0.25, -0.2) is 0 Å². The van der Waals surface area contributed by atoms with E-state index in [0.29, 0.717) is 22.8 Å². The van der Waals surface area contributed by atoms with Crippen LogP contribution >= 0.6 is 23.2 Å². The summed E-state index contributed by atoms with van der Waals surface area (Å²) in [5, 5.41) is 4.19. The first kappa shape index (κ1) is 23.4. The van der Waals surface area contributed by atoms with Gasteiger partial charge in [-0.05, 0) is 48.7 Å². The quantitative estimate of drug-likeness (QED) is 0.607. The number of carbonyl (C=O) groups excluding carboxylic acids is 1. The van der Waals surface area contributed by atoms with E-state index in [2.05, 4.69) is 17.4 Å². The fourth-order valence-electron chi connectivity index (χ4n) is 2.07. The van der Waals surface area contributed by atoms with Crippen LogP contribution in [0.5, 0.6) is 0 Å². The first-order valence-electron chi connectivity index (χ1n) is 7.97. The Bertz CT molecular complexity index is 863. The second kappa shape index (κ2) is 10.6. The van der Waals surface area contributed by atoms with Gasteiger partial charge in [0.15, 0.2) is 0 Å². The van der Waals surface area contributed by atoms with E-state index in [1.807, 2.05) is 24.3 Å². The maximum atomic E-state index is 10.9. The molecule has 0 aliphatic carbocycles. The molecule has 6 nitrogen and oxygen atoms in total. The van der Waals surface area contributed by atoms with E-state index in [4.69, 9.17) is 33.5 Å². The third-order valence-electron chi connectivity index (χ3n) is 3.50. The third-order valence-corrected chi connectivity index (χ3v) is 4.24. The van der Waals surface area contributed by atoms with E-state index >= 15 is 0 Å².